The first-order valence-corrected chi connectivity index (χ1v) is 9.60. The third-order valence-corrected chi connectivity index (χ3v) is 4.11. The summed E-state index contributed by atoms with van der Waals surface area (Å²) in [4.78, 5) is 11.1. The second-order valence-corrected chi connectivity index (χ2v) is 6.55. The van der Waals surface area contributed by atoms with Crippen LogP contribution < -0.4 is 5.73 Å². The summed E-state index contributed by atoms with van der Waals surface area (Å²) in [5.41, 5.74) is 5.42. The minimum atomic E-state index is -0.494. The first-order chi connectivity index (χ1) is 10.7. The van der Waals surface area contributed by atoms with E-state index in [1.165, 1.54) is 77.0 Å². The zero-order valence-electron chi connectivity index (χ0n) is 16.1. The molecule has 0 fully saturated rings. The van der Waals surface area contributed by atoms with Crippen LogP contribution in [0.15, 0.2) is 0 Å². The van der Waals surface area contributed by atoms with Crippen molar-refractivity contribution in [2.24, 2.45) is 5.73 Å². The van der Waals surface area contributed by atoms with Gasteiger partial charge in [0.15, 0.2) is 0 Å². The molecule has 0 saturated carbocycles. The van der Waals surface area contributed by atoms with Crippen molar-refractivity contribution in [1.82, 2.24) is 0 Å². The summed E-state index contributed by atoms with van der Waals surface area (Å²) < 4.78 is 5.05. The third kappa shape index (κ3) is 20.4. The van der Waals surface area contributed by atoms with E-state index in [0.717, 1.165) is 12.8 Å². The van der Waals surface area contributed by atoms with Gasteiger partial charge in [-0.25, -0.2) is 0 Å². The zero-order valence-corrected chi connectivity index (χ0v) is 18.1. The van der Waals surface area contributed by atoms with Gasteiger partial charge >= 0.3 is 5.97 Å². The minimum absolute atomic E-state index is 0. The molecule has 133 valence electrons. The number of nitrogens with two attached hydrogens (primary N) is 1. The van der Waals surface area contributed by atoms with Gasteiger partial charge in [0, 0.05) is 29.6 Å². The van der Waals surface area contributed by atoms with Gasteiger partial charge in [-0.3, -0.25) is 4.79 Å². The average molecular weight is 337 g/mol. The van der Waals surface area contributed by atoms with E-state index < -0.39 is 6.04 Å². The fourth-order valence-electron chi connectivity index (χ4n) is 2.60. The number of unbranched alkanes of at least 4 members (excludes halogenated alkanes) is 13. The Bertz CT molecular complexity index is 248. The van der Waals surface area contributed by atoms with Crippen LogP contribution in [0.1, 0.15) is 104 Å². The Balaban J connectivity index is 0. The van der Waals surface area contributed by atoms with E-state index in [1.54, 1.807) is 6.92 Å². The van der Waals surface area contributed by atoms with Crippen molar-refractivity contribution >= 4 is 35.5 Å². The molecule has 0 amide bonds. The summed E-state index contributed by atoms with van der Waals surface area (Å²) >= 11 is 0. The second-order valence-electron chi connectivity index (χ2n) is 6.55. The molecular weight excluding hydrogens is 297 g/mol. The van der Waals surface area contributed by atoms with Crippen LogP contribution in [0.3, 0.4) is 0 Å². The summed E-state index contributed by atoms with van der Waals surface area (Å²) in [6, 6.07) is -0.494. The Hall–Kier alpha value is 0.430. The number of carbonyl (C=O) groups excluding carboxylic acids is 1. The van der Waals surface area contributed by atoms with E-state index in [4.69, 9.17) is 10.5 Å². The number of esters is 1. The molecule has 0 unspecified atom stereocenters. The molecule has 0 rings (SSSR count). The number of hydrogen-bond donors (Lipinski definition) is 1. The van der Waals surface area contributed by atoms with Crippen molar-refractivity contribution < 1.29 is 9.53 Å². The molecule has 0 aliphatic rings. The summed E-state index contributed by atoms with van der Waals surface area (Å²) in [6.07, 6.45) is 18.7. The SMILES string of the molecule is CCCCCCCCCCCCCCCCOC(=O)[C@H](C)N.[Na]. The van der Waals surface area contributed by atoms with Crippen molar-refractivity contribution in [2.45, 2.75) is 110 Å². The van der Waals surface area contributed by atoms with Crippen LogP contribution in [0.4, 0.5) is 0 Å². The molecule has 0 heterocycles. The fraction of sp³-hybridized carbons (Fsp3) is 0.947. The fourth-order valence-corrected chi connectivity index (χ4v) is 2.60. The Morgan fingerprint density at radius 3 is 1.48 bits per heavy atom. The second kappa shape index (κ2) is 20.5. The van der Waals surface area contributed by atoms with Gasteiger partial charge in [-0.1, -0.05) is 90.4 Å². The summed E-state index contributed by atoms with van der Waals surface area (Å²) in [6.45, 7) is 4.46. The van der Waals surface area contributed by atoms with E-state index in [1.807, 2.05) is 0 Å². The third-order valence-electron chi connectivity index (χ3n) is 4.11. The van der Waals surface area contributed by atoms with Crippen LogP contribution in [0.2, 0.25) is 0 Å². The zero-order chi connectivity index (χ0) is 16.5. The van der Waals surface area contributed by atoms with Crippen LogP contribution in [-0.2, 0) is 9.53 Å². The maximum Gasteiger partial charge on any atom is 0.322 e. The van der Waals surface area contributed by atoms with Crippen molar-refractivity contribution in [3.63, 3.8) is 0 Å². The standard InChI is InChI=1S/C19H39NO2.Na/c1-3-4-5-6-7-8-9-10-11-12-13-14-15-16-17-22-19(21)18(2)20;/h18H,3-17,20H2,1-2H3;/t18-;/m0./s1. The Morgan fingerprint density at radius 1 is 0.783 bits per heavy atom. The Labute approximate surface area is 166 Å². The Kier molecular flexibility index (Phi) is 22.8. The monoisotopic (exact) mass is 336 g/mol. The first-order valence-electron chi connectivity index (χ1n) is 9.60. The Morgan fingerprint density at radius 2 is 1.13 bits per heavy atom. The number of ether oxygens (including phenoxy) is 1. The molecule has 0 bridgehead atoms. The van der Waals surface area contributed by atoms with Gasteiger partial charge in [-0.2, -0.15) is 0 Å². The van der Waals surface area contributed by atoms with Gasteiger partial charge in [-0.05, 0) is 13.3 Å². The summed E-state index contributed by atoms with van der Waals surface area (Å²) in [7, 11) is 0. The van der Waals surface area contributed by atoms with Crippen LogP contribution in [-0.4, -0.2) is 48.2 Å². The molecule has 0 aromatic carbocycles. The molecule has 0 spiro atoms. The molecule has 0 aromatic rings. The number of rotatable bonds is 16. The summed E-state index contributed by atoms with van der Waals surface area (Å²) in [5.74, 6) is -0.283. The first kappa shape index (κ1) is 25.7. The molecule has 0 aliphatic carbocycles. The normalized spacial score (nSPS) is 11.8. The van der Waals surface area contributed by atoms with Gasteiger partial charge in [0.2, 0.25) is 0 Å². The largest absolute Gasteiger partial charge is 0.465 e. The van der Waals surface area contributed by atoms with Gasteiger partial charge in [-0.15, -0.1) is 0 Å². The smallest absolute Gasteiger partial charge is 0.322 e. The molecule has 1 atom stereocenters. The van der Waals surface area contributed by atoms with Crippen LogP contribution in [0.25, 0.3) is 0 Å². The van der Waals surface area contributed by atoms with Crippen LogP contribution in [0, 0.1) is 0 Å². The molecular formula is C19H39NNaO2. The van der Waals surface area contributed by atoms with Crippen molar-refractivity contribution in [3.05, 3.63) is 0 Å². The van der Waals surface area contributed by atoms with E-state index in [0.29, 0.717) is 6.61 Å². The minimum Gasteiger partial charge on any atom is -0.465 e. The molecule has 2 N–H and O–H groups in total. The van der Waals surface area contributed by atoms with Gasteiger partial charge in [0.25, 0.3) is 0 Å². The van der Waals surface area contributed by atoms with Crippen molar-refractivity contribution in [1.29, 1.82) is 0 Å². The summed E-state index contributed by atoms with van der Waals surface area (Å²) in [5, 5.41) is 0. The van der Waals surface area contributed by atoms with E-state index in [2.05, 4.69) is 6.92 Å². The molecule has 0 saturated heterocycles. The topological polar surface area (TPSA) is 52.3 Å². The quantitative estimate of drug-likeness (QED) is 0.246. The van der Waals surface area contributed by atoms with E-state index >= 15 is 0 Å². The molecule has 1 radical (unpaired) electrons. The molecule has 0 aliphatic heterocycles. The molecule has 0 aromatic heterocycles. The van der Waals surface area contributed by atoms with Gasteiger partial charge in [0.1, 0.15) is 6.04 Å². The predicted octanol–water partition coefficient (Wildman–Crippen LogP) is 4.98. The van der Waals surface area contributed by atoms with Crippen molar-refractivity contribution in [2.75, 3.05) is 6.61 Å². The van der Waals surface area contributed by atoms with Gasteiger partial charge in [0.05, 0.1) is 6.61 Å². The van der Waals surface area contributed by atoms with Gasteiger partial charge < -0.3 is 10.5 Å². The van der Waals surface area contributed by atoms with Crippen molar-refractivity contribution in [3.8, 4) is 0 Å². The number of hydrogen-bond acceptors (Lipinski definition) is 3. The molecule has 4 heteroatoms. The van der Waals surface area contributed by atoms with Crippen LogP contribution in [0.5, 0.6) is 0 Å². The van der Waals surface area contributed by atoms with E-state index in [9.17, 15) is 4.79 Å². The average Bonchev–Trinajstić information content (AvgIpc) is 2.50. The number of carbonyl (C=O) groups is 1. The maximum absolute atomic E-state index is 11.1. The predicted molar refractivity (Wildman–Crippen MR) is 101 cm³/mol. The van der Waals surface area contributed by atoms with E-state index in [-0.39, 0.29) is 35.5 Å². The molecule has 3 nitrogen and oxygen atoms in total. The van der Waals surface area contributed by atoms with Crippen LogP contribution >= 0.6 is 0 Å². The molecule has 23 heavy (non-hydrogen) atoms. The maximum atomic E-state index is 11.1.